The van der Waals surface area contributed by atoms with E-state index < -0.39 is 0 Å². The Kier molecular flexibility index (Phi) is 0.837. The molecular formula is C7H13NO. The monoisotopic (exact) mass is 127 g/mol. The molecule has 0 spiro atoms. The van der Waals surface area contributed by atoms with Crippen molar-refractivity contribution in [1.82, 2.24) is 5.32 Å². The number of fused-ring (bicyclic) bond motifs is 2. The van der Waals surface area contributed by atoms with Crippen molar-refractivity contribution >= 4 is 0 Å². The predicted octanol–water partition coefficient (Wildman–Crippen LogP) is 0.527. The summed E-state index contributed by atoms with van der Waals surface area (Å²) in [5.74, 6) is 0. The molecule has 9 heavy (non-hydrogen) atoms. The maximum atomic E-state index is 5.58. The first-order valence-electron chi connectivity index (χ1n) is 3.51. The van der Waals surface area contributed by atoms with E-state index in [1.165, 1.54) is 6.42 Å². The van der Waals surface area contributed by atoms with Crippen LogP contribution < -0.4 is 5.32 Å². The van der Waals surface area contributed by atoms with Gasteiger partial charge in [0.15, 0.2) is 0 Å². The summed E-state index contributed by atoms with van der Waals surface area (Å²) in [7, 11) is 0. The van der Waals surface area contributed by atoms with Gasteiger partial charge in [-0.15, -0.1) is 0 Å². The van der Waals surface area contributed by atoms with Crippen LogP contribution in [0.2, 0.25) is 0 Å². The SMILES string of the molecule is CC12COC(C)(CN1)C2. The highest BCUT2D eigenvalue weighted by atomic mass is 16.5. The fourth-order valence-corrected chi connectivity index (χ4v) is 1.89. The van der Waals surface area contributed by atoms with Gasteiger partial charge in [0.1, 0.15) is 0 Å². The van der Waals surface area contributed by atoms with Crippen molar-refractivity contribution in [3.8, 4) is 0 Å². The number of ether oxygens (including phenoxy) is 1. The molecule has 0 aliphatic carbocycles. The van der Waals surface area contributed by atoms with E-state index in [0.29, 0.717) is 5.54 Å². The maximum absolute atomic E-state index is 5.58. The molecule has 2 heteroatoms. The molecule has 2 saturated heterocycles. The summed E-state index contributed by atoms with van der Waals surface area (Å²) in [5, 5.41) is 3.45. The van der Waals surface area contributed by atoms with Gasteiger partial charge in [0, 0.05) is 12.1 Å². The highest BCUT2D eigenvalue weighted by Crippen LogP contribution is 2.37. The molecule has 0 aromatic heterocycles. The normalized spacial score (nSPS) is 56.7. The predicted molar refractivity (Wildman–Crippen MR) is 35.4 cm³/mol. The number of nitrogens with one attached hydrogen (secondary N) is 1. The van der Waals surface area contributed by atoms with Crippen LogP contribution in [-0.4, -0.2) is 24.3 Å². The molecule has 2 bridgehead atoms. The lowest BCUT2D eigenvalue weighted by Crippen LogP contribution is -2.43. The first kappa shape index (κ1) is 5.69. The fraction of sp³-hybridized carbons (Fsp3) is 1.00. The number of morpholine rings is 1. The Bertz CT molecular complexity index is 120. The van der Waals surface area contributed by atoms with Gasteiger partial charge in [-0.05, 0) is 20.3 Å². The third-order valence-corrected chi connectivity index (χ3v) is 2.39. The second-order valence-corrected chi connectivity index (χ2v) is 3.83. The van der Waals surface area contributed by atoms with Gasteiger partial charge >= 0.3 is 0 Å². The van der Waals surface area contributed by atoms with Gasteiger partial charge in [-0.25, -0.2) is 0 Å². The van der Waals surface area contributed by atoms with Crippen molar-refractivity contribution in [2.24, 2.45) is 0 Å². The molecule has 2 atom stereocenters. The Morgan fingerprint density at radius 3 is 2.33 bits per heavy atom. The molecule has 0 radical (unpaired) electrons. The van der Waals surface area contributed by atoms with Gasteiger partial charge in [-0.3, -0.25) is 0 Å². The van der Waals surface area contributed by atoms with E-state index in [2.05, 4.69) is 19.2 Å². The molecule has 2 aliphatic heterocycles. The van der Waals surface area contributed by atoms with Crippen LogP contribution in [-0.2, 0) is 4.74 Å². The van der Waals surface area contributed by atoms with E-state index >= 15 is 0 Å². The molecule has 0 aromatic carbocycles. The van der Waals surface area contributed by atoms with Crippen molar-refractivity contribution in [2.75, 3.05) is 13.2 Å². The molecule has 0 amide bonds. The molecule has 2 rings (SSSR count). The van der Waals surface area contributed by atoms with Crippen LogP contribution in [0.3, 0.4) is 0 Å². The summed E-state index contributed by atoms with van der Waals surface area (Å²) in [4.78, 5) is 0. The molecule has 0 saturated carbocycles. The van der Waals surface area contributed by atoms with Crippen LogP contribution in [0, 0.1) is 0 Å². The summed E-state index contributed by atoms with van der Waals surface area (Å²) >= 11 is 0. The zero-order valence-corrected chi connectivity index (χ0v) is 6.03. The van der Waals surface area contributed by atoms with E-state index in [9.17, 15) is 0 Å². The van der Waals surface area contributed by atoms with Gasteiger partial charge < -0.3 is 10.1 Å². The van der Waals surface area contributed by atoms with Gasteiger partial charge in [-0.1, -0.05) is 0 Å². The molecule has 52 valence electrons. The van der Waals surface area contributed by atoms with Crippen molar-refractivity contribution in [3.05, 3.63) is 0 Å². The zero-order chi connectivity index (χ0) is 6.54. The molecule has 2 nitrogen and oxygen atoms in total. The lowest BCUT2D eigenvalue weighted by atomic mass is 9.98. The van der Waals surface area contributed by atoms with E-state index in [-0.39, 0.29) is 5.60 Å². The minimum absolute atomic E-state index is 0.161. The lowest BCUT2D eigenvalue weighted by molar-refractivity contribution is 0.000808. The third-order valence-electron chi connectivity index (χ3n) is 2.39. The molecule has 0 aromatic rings. The molecule has 1 N–H and O–H groups in total. The topological polar surface area (TPSA) is 21.3 Å². The van der Waals surface area contributed by atoms with Crippen LogP contribution in [0.4, 0.5) is 0 Å². The van der Waals surface area contributed by atoms with E-state index in [4.69, 9.17) is 4.74 Å². The third kappa shape index (κ3) is 0.700. The van der Waals surface area contributed by atoms with Crippen LogP contribution in [0.15, 0.2) is 0 Å². The first-order valence-corrected chi connectivity index (χ1v) is 3.51. The van der Waals surface area contributed by atoms with E-state index in [1.807, 2.05) is 0 Å². The van der Waals surface area contributed by atoms with Crippen molar-refractivity contribution in [3.63, 3.8) is 0 Å². The quantitative estimate of drug-likeness (QED) is 0.512. The minimum Gasteiger partial charge on any atom is -0.372 e. The number of rotatable bonds is 0. The van der Waals surface area contributed by atoms with Crippen LogP contribution in [0.5, 0.6) is 0 Å². The van der Waals surface area contributed by atoms with Crippen molar-refractivity contribution in [1.29, 1.82) is 0 Å². The second-order valence-electron chi connectivity index (χ2n) is 3.83. The number of hydrogen-bond donors (Lipinski definition) is 1. The average molecular weight is 127 g/mol. The van der Waals surface area contributed by atoms with Crippen LogP contribution in [0.1, 0.15) is 20.3 Å². The first-order chi connectivity index (χ1) is 4.12. The van der Waals surface area contributed by atoms with Gasteiger partial charge in [-0.2, -0.15) is 0 Å². The summed E-state index contributed by atoms with van der Waals surface area (Å²) in [6.45, 7) is 6.33. The summed E-state index contributed by atoms with van der Waals surface area (Å²) in [6, 6.07) is 0. The molecule has 2 unspecified atom stereocenters. The molecule has 2 aliphatic rings. The zero-order valence-electron chi connectivity index (χ0n) is 6.03. The highest BCUT2D eigenvalue weighted by Gasteiger charge is 2.49. The smallest absolute Gasteiger partial charge is 0.0797 e. The van der Waals surface area contributed by atoms with E-state index in [0.717, 1.165) is 13.2 Å². The summed E-state index contributed by atoms with van der Waals surface area (Å²) in [5.41, 5.74) is 0.462. The van der Waals surface area contributed by atoms with Crippen molar-refractivity contribution < 1.29 is 4.74 Å². The Hall–Kier alpha value is -0.0800. The fourth-order valence-electron chi connectivity index (χ4n) is 1.89. The minimum atomic E-state index is 0.161. The highest BCUT2D eigenvalue weighted by molar-refractivity contribution is 5.06. The molecule has 2 fully saturated rings. The van der Waals surface area contributed by atoms with Gasteiger partial charge in [0.05, 0.1) is 12.2 Å². The Morgan fingerprint density at radius 2 is 2.22 bits per heavy atom. The lowest BCUT2D eigenvalue weighted by Gasteiger charge is -2.24. The van der Waals surface area contributed by atoms with Crippen molar-refractivity contribution in [2.45, 2.75) is 31.4 Å². The van der Waals surface area contributed by atoms with Crippen LogP contribution >= 0.6 is 0 Å². The van der Waals surface area contributed by atoms with E-state index in [1.54, 1.807) is 0 Å². The second kappa shape index (κ2) is 1.32. The molecule has 2 heterocycles. The Labute approximate surface area is 55.6 Å². The largest absolute Gasteiger partial charge is 0.372 e. The average Bonchev–Trinajstić information content (AvgIpc) is 2.19. The Balaban J connectivity index is 2.25. The maximum Gasteiger partial charge on any atom is 0.0797 e. The summed E-state index contributed by atoms with van der Waals surface area (Å²) < 4.78 is 5.58. The number of hydrogen-bond acceptors (Lipinski definition) is 2. The van der Waals surface area contributed by atoms with Gasteiger partial charge in [0.2, 0.25) is 0 Å². The summed E-state index contributed by atoms with van der Waals surface area (Å²) in [6.07, 6.45) is 1.18. The Morgan fingerprint density at radius 1 is 1.44 bits per heavy atom. The standard InChI is InChI=1S/C7H13NO/c1-6-3-7(2,4-8-6)9-5-6/h8H,3-5H2,1-2H3. The molecular weight excluding hydrogens is 114 g/mol. The van der Waals surface area contributed by atoms with Gasteiger partial charge in [0.25, 0.3) is 0 Å². The van der Waals surface area contributed by atoms with Crippen LogP contribution in [0.25, 0.3) is 0 Å².